The van der Waals surface area contributed by atoms with Gasteiger partial charge in [0.1, 0.15) is 5.54 Å². The molecule has 5 nitrogen and oxygen atoms in total. The Morgan fingerprint density at radius 3 is 2.71 bits per heavy atom. The highest BCUT2D eigenvalue weighted by atomic mass is 16.4. The fourth-order valence-corrected chi connectivity index (χ4v) is 2.18. The van der Waals surface area contributed by atoms with E-state index >= 15 is 0 Å². The third-order valence-corrected chi connectivity index (χ3v) is 3.23. The molecule has 17 heavy (non-hydrogen) atoms. The van der Waals surface area contributed by atoms with Gasteiger partial charge in [-0.1, -0.05) is 0 Å². The first kappa shape index (κ1) is 12.1. The zero-order valence-electron chi connectivity index (χ0n) is 10.5. The third-order valence-electron chi connectivity index (χ3n) is 3.23. The number of aromatic nitrogens is 2. The van der Waals surface area contributed by atoms with Gasteiger partial charge >= 0.3 is 5.97 Å². The van der Waals surface area contributed by atoms with Crippen molar-refractivity contribution in [2.24, 2.45) is 0 Å². The number of nitrogens with one attached hydrogen (secondary N) is 1. The summed E-state index contributed by atoms with van der Waals surface area (Å²) in [6, 6.07) is 2.13. The second kappa shape index (κ2) is 4.14. The summed E-state index contributed by atoms with van der Waals surface area (Å²) >= 11 is 0. The van der Waals surface area contributed by atoms with Gasteiger partial charge in [-0.05, 0) is 39.7 Å². The lowest BCUT2D eigenvalue weighted by atomic mass is 10.2. The molecule has 1 aromatic heterocycles. The molecule has 0 amide bonds. The fourth-order valence-electron chi connectivity index (χ4n) is 2.18. The van der Waals surface area contributed by atoms with Gasteiger partial charge in [0.2, 0.25) is 0 Å². The van der Waals surface area contributed by atoms with E-state index in [0.717, 1.165) is 24.2 Å². The number of nitrogens with zero attached hydrogens (tertiary/aromatic N) is 2. The zero-order chi connectivity index (χ0) is 12.6. The lowest BCUT2D eigenvalue weighted by Gasteiger charge is -2.20. The summed E-state index contributed by atoms with van der Waals surface area (Å²) in [6.07, 6.45) is 1.45. The summed E-state index contributed by atoms with van der Waals surface area (Å²) < 4.78 is 1.92. The van der Waals surface area contributed by atoms with Gasteiger partial charge in [-0.15, -0.1) is 0 Å². The van der Waals surface area contributed by atoms with Crippen molar-refractivity contribution in [3.05, 3.63) is 17.5 Å². The fraction of sp³-hybridized carbons (Fsp3) is 0.667. The number of aliphatic carboxylic acids is 1. The standard InChI is InChI=1S/C12H19N3O2/c1-8-6-10(3)15(14-8)7-9(2)13-12(4-5-12)11(16)17/h6,9,13H,4-5,7H2,1-3H3,(H,16,17). The van der Waals surface area contributed by atoms with Crippen molar-refractivity contribution in [1.29, 1.82) is 0 Å². The Bertz CT molecular complexity index is 435. The highest BCUT2D eigenvalue weighted by Gasteiger charge is 2.50. The van der Waals surface area contributed by atoms with Crippen LogP contribution >= 0.6 is 0 Å². The third kappa shape index (κ3) is 2.49. The smallest absolute Gasteiger partial charge is 0.323 e. The van der Waals surface area contributed by atoms with E-state index in [1.807, 2.05) is 31.5 Å². The number of carboxylic acid groups (broad SMARTS) is 1. The van der Waals surface area contributed by atoms with Gasteiger partial charge < -0.3 is 5.11 Å². The van der Waals surface area contributed by atoms with Crippen molar-refractivity contribution in [3.63, 3.8) is 0 Å². The molecule has 94 valence electrons. The average Bonchev–Trinajstić information content (AvgIpc) is 2.90. The minimum atomic E-state index is -0.738. The first-order valence-corrected chi connectivity index (χ1v) is 5.95. The van der Waals surface area contributed by atoms with Crippen LogP contribution in [0.1, 0.15) is 31.2 Å². The molecule has 0 aliphatic heterocycles. The van der Waals surface area contributed by atoms with Crippen LogP contribution in [-0.2, 0) is 11.3 Å². The second-order valence-corrected chi connectivity index (χ2v) is 5.04. The van der Waals surface area contributed by atoms with E-state index in [9.17, 15) is 4.79 Å². The van der Waals surface area contributed by atoms with E-state index in [-0.39, 0.29) is 6.04 Å². The SMILES string of the molecule is Cc1cc(C)n(CC(C)NC2(C(=O)O)CC2)n1. The van der Waals surface area contributed by atoms with Crippen molar-refractivity contribution in [2.75, 3.05) is 0 Å². The van der Waals surface area contributed by atoms with E-state index in [0.29, 0.717) is 6.54 Å². The van der Waals surface area contributed by atoms with Crippen LogP contribution in [0.3, 0.4) is 0 Å². The Kier molecular flexibility index (Phi) is 2.95. The molecule has 2 N–H and O–H groups in total. The molecule has 0 bridgehead atoms. The molecule has 0 radical (unpaired) electrons. The van der Waals surface area contributed by atoms with Gasteiger partial charge in [0.05, 0.1) is 12.2 Å². The van der Waals surface area contributed by atoms with Crippen LogP contribution in [-0.4, -0.2) is 32.4 Å². The van der Waals surface area contributed by atoms with Crippen molar-refractivity contribution >= 4 is 5.97 Å². The number of aryl methyl sites for hydroxylation is 2. The molecule has 1 heterocycles. The molecular formula is C12H19N3O2. The normalized spacial score (nSPS) is 19.0. The summed E-state index contributed by atoms with van der Waals surface area (Å²) in [6.45, 7) is 6.67. The van der Waals surface area contributed by atoms with Gasteiger partial charge in [-0.2, -0.15) is 5.10 Å². The second-order valence-electron chi connectivity index (χ2n) is 5.04. The number of rotatable bonds is 5. The van der Waals surface area contributed by atoms with Gasteiger partial charge in [-0.3, -0.25) is 14.8 Å². The van der Waals surface area contributed by atoms with E-state index in [4.69, 9.17) is 5.11 Å². The quantitative estimate of drug-likeness (QED) is 0.804. The van der Waals surface area contributed by atoms with Crippen molar-refractivity contribution < 1.29 is 9.90 Å². The van der Waals surface area contributed by atoms with Crippen molar-refractivity contribution in [1.82, 2.24) is 15.1 Å². The molecule has 1 aliphatic carbocycles. The molecule has 0 saturated heterocycles. The van der Waals surface area contributed by atoms with Gasteiger partial charge in [0.15, 0.2) is 0 Å². The summed E-state index contributed by atoms with van der Waals surface area (Å²) in [4.78, 5) is 11.1. The number of hydrogen-bond donors (Lipinski definition) is 2. The lowest BCUT2D eigenvalue weighted by molar-refractivity contribution is -0.141. The summed E-state index contributed by atoms with van der Waals surface area (Å²) in [7, 11) is 0. The minimum absolute atomic E-state index is 0.103. The number of hydrogen-bond acceptors (Lipinski definition) is 3. The molecule has 5 heteroatoms. The predicted octanol–water partition coefficient (Wildman–Crippen LogP) is 1.10. The van der Waals surface area contributed by atoms with Gasteiger partial charge in [-0.25, -0.2) is 0 Å². The van der Waals surface area contributed by atoms with E-state index in [1.54, 1.807) is 0 Å². The Balaban J connectivity index is 1.96. The molecular weight excluding hydrogens is 218 g/mol. The Labute approximate surface area is 101 Å². The first-order valence-electron chi connectivity index (χ1n) is 5.95. The molecule has 1 saturated carbocycles. The monoisotopic (exact) mass is 237 g/mol. The zero-order valence-corrected chi connectivity index (χ0v) is 10.5. The van der Waals surface area contributed by atoms with Crippen molar-refractivity contribution in [2.45, 2.75) is 51.7 Å². The maximum absolute atomic E-state index is 11.1. The lowest BCUT2D eigenvalue weighted by Crippen LogP contribution is -2.46. The Morgan fingerprint density at radius 1 is 1.65 bits per heavy atom. The maximum atomic E-state index is 11.1. The Hall–Kier alpha value is -1.36. The predicted molar refractivity (Wildman–Crippen MR) is 63.9 cm³/mol. The van der Waals surface area contributed by atoms with Crippen LogP contribution in [0, 0.1) is 13.8 Å². The minimum Gasteiger partial charge on any atom is -0.480 e. The molecule has 1 atom stereocenters. The Morgan fingerprint density at radius 2 is 2.29 bits per heavy atom. The highest BCUT2D eigenvalue weighted by Crippen LogP contribution is 2.36. The van der Waals surface area contributed by atoms with E-state index < -0.39 is 11.5 Å². The molecule has 1 unspecified atom stereocenters. The van der Waals surface area contributed by atoms with Gasteiger partial charge in [0.25, 0.3) is 0 Å². The van der Waals surface area contributed by atoms with Crippen molar-refractivity contribution in [3.8, 4) is 0 Å². The largest absolute Gasteiger partial charge is 0.480 e. The van der Waals surface area contributed by atoms with E-state index in [1.165, 1.54) is 0 Å². The topological polar surface area (TPSA) is 67.2 Å². The molecule has 1 aliphatic rings. The van der Waals surface area contributed by atoms with Crippen LogP contribution in [0.15, 0.2) is 6.07 Å². The molecule has 2 rings (SSSR count). The van der Waals surface area contributed by atoms with Crippen LogP contribution in [0.4, 0.5) is 0 Å². The molecule has 1 fully saturated rings. The average molecular weight is 237 g/mol. The van der Waals surface area contributed by atoms with Crippen LogP contribution < -0.4 is 5.32 Å². The van der Waals surface area contributed by atoms with Gasteiger partial charge in [0, 0.05) is 11.7 Å². The first-order chi connectivity index (χ1) is 7.93. The summed E-state index contributed by atoms with van der Waals surface area (Å²) in [5, 5.41) is 16.7. The van der Waals surface area contributed by atoms with E-state index in [2.05, 4.69) is 10.4 Å². The van der Waals surface area contributed by atoms with Crippen LogP contribution in [0.5, 0.6) is 0 Å². The molecule has 0 aromatic carbocycles. The molecule has 1 aromatic rings. The summed E-state index contributed by atoms with van der Waals surface area (Å²) in [5.74, 6) is -0.738. The molecule has 0 spiro atoms. The van der Waals surface area contributed by atoms with Crippen LogP contribution in [0.25, 0.3) is 0 Å². The highest BCUT2D eigenvalue weighted by molar-refractivity contribution is 5.82. The summed E-state index contributed by atoms with van der Waals surface area (Å²) in [5.41, 5.74) is 1.43. The maximum Gasteiger partial charge on any atom is 0.323 e. The van der Waals surface area contributed by atoms with Crippen LogP contribution in [0.2, 0.25) is 0 Å². The number of carboxylic acids is 1. The number of carbonyl (C=O) groups is 1.